The van der Waals surface area contributed by atoms with E-state index < -0.39 is 23.8 Å². The van der Waals surface area contributed by atoms with Crippen LogP contribution in [0.4, 0.5) is 4.79 Å². The highest BCUT2D eigenvalue weighted by molar-refractivity contribution is 6.44. The summed E-state index contributed by atoms with van der Waals surface area (Å²) in [5.74, 6) is -2.84. The predicted octanol–water partition coefficient (Wildman–Crippen LogP) is 0.450. The maximum absolute atomic E-state index is 11.4. The third kappa shape index (κ3) is 3.14. The number of nitrogens with one attached hydrogen (secondary N) is 1. The Balaban J connectivity index is 2.85. The van der Waals surface area contributed by atoms with Gasteiger partial charge in [-0.2, -0.15) is 0 Å². The minimum Gasteiger partial charge on any atom is -0.465 e. The molecule has 0 atom stereocenters. The number of carboxylic acid groups (broad SMARTS) is 1. The lowest BCUT2D eigenvalue weighted by Crippen LogP contribution is -2.34. The summed E-state index contributed by atoms with van der Waals surface area (Å²) in [6.07, 6.45) is -1.61. The van der Waals surface area contributed by atoms with E-state index in [1.807, 2.05) is 0 Å². The molecule has 0 aliphatic carbocycles. The topological polar surface area (TPSA) is 110 Å². The van der Waals surface area contributed by atoms with Gasteiger partial charge in [0.25, 0.3) is 5.78 Å². The molecule has 0 aliphatic rings. The van der Waals surface area contributed by atoms with Crippen molar-refractivity contribution < 1.29 is 29.0 Å². The van der Waals surface area contributed by atoms with Crippen LogP contribution in [0, 0.1) is 0 Å². The average molecular weight is 251 g/mol. The van der Waals surface area contributed by atoms with Gasteiger partial charge >= 0.3 is 18.0 Å². The maximum atomic E-state index is 11.4. The number of rotatable bonds is 3. The van der Waals surface area contributed by atoms with Crippen LogP contribution in [-0.2, 0) is 9.53 Å². The summed E-state index contributed by atoms with van der Waals surface area (Å²) in [7, 11) is 1.21. The van der Waals surface area contributed by atoms with Gasteiger partial charge in [-0.05, 0) is 24.3 Å². The first kappa shape index (κ1) is 13.4. The molecule has 0 heterocycles. The zero-order valence-electron chi connectivity index (χ0n) is 9.30. The van der Waals surface area contributed by atoms with E-state index in [9.17, 15) is 19.2 Å². The van der Waals surface area contributed by atoms with E-state index >= 15 is 0 Å². The third-order valence-electron chi connectivity index (χ3n) is 1.99. The van der Waals surface area contributed by atoms with Gasteiger partial charge in [0.15, 0.2) is 0 Å². The number of methoxy groups -OCH3 is 1. The zero-order valence-corrected chi connectivity index (χ0v) is 9.30. The van der Waals surface area contributed by atoms with Crippen molar-refractivity contribution in [1.29, 1.82) is 0 Å². The molecular weight excluding hydrogens is 242 g/mol. The Labute approximate surface area is 101 Å². The van der Waals surface area contributed by atoms with Crippen LogP contribution in [0.1, 0.15) is 20.7 Å². The number of ether oxygens (including phenoxy) is 1. The van der Waals surface area contributed by atoms with E-state index in [0.717, 1.165) is 0 Å². The predicted molar refractivity (Wildman–Crippen MR) is 58.3 cm³/mol. The Bertz CT molecular complexity index is 505. The Morgan fingerprint density at radius 1 is 1.06 bits per heavy atom. The number of hydrogen-bond acceptors (Lipinski definition) is 5. The minimum absolute atomic E-state index is 0.0265. The summed E-state index contributed by atoms with van der Waals surface area (Å²) in [6, 6.07) is 5.06. The van der Waals surface area contributed by atoms with Crippen molar-refractivity contribution in [2.75, 3.05) is 7.11 Å². The van der Waals surface area contributed by atoms with Crippen LogP contribution in [0.3, 0.4) is 0 Å². The smallest absolute Gasteiger partial charge is 0.411 e. The molecule has 0 radical (unpaired) electrons. The average Bonchev–Trinajstić information content (AvgIpc) is 2.36. The van der Waals surface area contributed by atoms with Gasteiger partial charge in [-0.15, -0.1) is 0 Å². The van der Waals surface area contributed by atoms with Crippen molar-refractivity contribution >= 4 is 23.8 Å². The molecule has 18 heavy (non-hydrogen) atoms. The number of hydrogen-bond donors (Lipinski definition) is 2. The largest absolute Gasteiger partial charge is 0.465 e. The van der Waals surface area contributed by atoms with Crippen LogP contribution in [0.15, 0.2) is 24.3 Å². The number of benzene rings is 1. The first-order valence-corrected chi connectivity index (χ1v) is 4.72. The van der Waals surface area contributed by atoms with E-state index in [-0.39, 0.29) is 11.1 Å². The number of imide groups is 1. The fourth-order valence-corrected chi connectivity index (χ4v) is 1.16. The fraction of sp³-hybridized carbons (Fsp3) is 0.0909. The number of carbonyl (C=O) groups excluding carboxylic acids is 3. The number of ketones is 1. The Kier molecular flexibility index (Phi) is 4.14. The molecule has 1 aromatic carbocycles. The van der Waals surface area contributed by atoms with Crippen molar-refractivity contribution in [3.8, 4) is 0 Å². The second kappa shape index (κ2) is 5.58. The van der Waals surface area contributed by atoms with Crippen molar-refractivity contribution in [2.45, 2.75) is 0 Å². The van der Waals surface area contributed by atoms with Crippen LogP contribution in [0.2, 0.25) is 0 Å². The van der Waals surface area contributed by atoms with Gasteiger partial charge in [0.2, 0.25) is 0 Å². The summed E-state index contributed by atoms with van der Waals surface area (Å²) < 4.78 is 4.46. The van der Waals surface area contributed by atoms with E-state index in [2.05, 4.69) is 4.74 Å². The zero-order chi connectivity index (χ0) is 13.7. The quantitative estimate of drug-likeness (QED) is 0.458. The third-order valence-corrected chi connectivity index (χ3v) is 1.99. The van der Waals surface area contributed by atoms with Gasteiger partial charge in [0.05, 0.1) is 12.7 Å². The molecule has 7 heteroatoms. The Morgan fingerprint density at radius 3 is 2.00 bits per heavy atom. The summed E-state index contributed by atoms with van der Waals surface area (Å²) >= 11 is 0. The molecule has 0 aromatic heterocycles. The molecule has 1 rings (SSSR count). The maximum Gasteiger partial charge on any atom is 0.411 e. The number of amides is 2. The van der Waals surface area contributed by atoms with Crippen LogP contribution in [0.5, 0.6) is 0 Å². The van der Waals surface area contributed by atoms with Crippen LogP contribution < -0.4 is 5.32 Å². The summed E-state index contributed by atoms with van der Waals surface area (Å²) in [5.41, 5.74) is 0.189. The minimum atomic E-state index is -1.61. The molecule has 1 aromatic rings. The lowest BCUT2D eigenvalue weighted by molar-refractivity contribution is -0.116. The van der Waals surface area contributed by atoms with E-state index in [0.29, 0.717) is 0 Å². The molecule has 7 nitrogen and oxygen atoms in total. The van der Waals surface area contributed by atoms with E-state index in [1.54, 1.807) is 0 Å². The van der Waals surface area contributed by atoms with E-state index in [1.165, 1.54) is 36.7 Å². The van der Waals surface area contributed by atoms with Gasteiger partial charge in [-0.3, -0.25) is 14.9 Å². The van der Waals surface area contributed by atoms with Crippen molar-refractivity contribution in [1.82, 2.24) is 5.32 Å². The second-order valence-corrected chi connectivity index (χ2v) is 3.16. The van der Waals surface area contributed by atoms with Gasteiger partial charge in [0, 0.05) is 5.56 Å². The lowest BCUT2D eigenvalue weighted by atomic mass is 10.1. The number of esters is 1. The molecule has 0 fully saturated rings. The molecule has 0 unspecified atom stereocenters. The standard InChI is InChI=1S/C11H9NO6/c1-18-10(15)7-4-2-6(3-5-7)8(13)9(14)12-11(16)17/h2-5H,1H3,(H,12,14)(H,16,17). The first-order valence-electron chi connectivity index (χ1n) is 4.72. The fourth-order valence-electron chi connectivity index (χ4n) is 1.16. The Hall–Kier alpha value is -2.70. The molecular formula is C11H9NO6. The molecule has 0 aliphatic heterocycles. The highest BCUT2D eigenvalue weighted by Crippen LogP contribution is 2.06. The highest BCUT2D eigenvalue weighted by atomic mass is 16.5. The summed E-state index contributed by atoms with van der Waals surface area (Å²) in [6.45, 7) is 0. The van der Waals surface area contributed by atoms with Gasteiger partial charge in [-0.1, -0.05) is 0 Å². The number of carbonyl (C=O) groups is 4. The molecule has 0 saturated heterocycles. The molecule has 2 N–H and O–H groups in total. The van der Waals surface area contributed by atoms with Crippen LogP contribution in [-0.4, -0.2) is 36.0 Å². The van der Waals surface area contributed by atoms with Crippen LogP contribution in [0.25, 0.3) is 0 Å². The van der Waals surface area contributed by atoms with Gasteiger partial charge < -0.3 is 9.84 Å². The highest BCUT2D eigenvalue weighted by Gasteiger charge is 2.18. The summed E-state index contributed by atoms with van der Waals surface area (Å²) in [5, 5.41) is 9.71. The van der Waals surface area contributed by atoms with Crippen molar-refractivity contribution in [2.24, 2.45) is 0 Å². The van der Waals surface area contributed by atoms with Crippen molar-refractivity contribution in [3.63, 3.8) is 0 Å². The monoisotopic (exact) mass is 251 g/mol. The molecule has 0 bridgehead atoms. The molecule has 2 amide bonds. The lowest BCUT2D eigenvalue weighted by Gasteiger charge is -2.01. The molecule has 0 saturated carbocycles. The Morgan fingerprint density at radius 2 is 1.56 bits per heavy atom. The summed E-state index contributed by atoms with van der Waals surface area (Å²) in [4.78, 5) is 43.8. The normalized spacial score (nSPS) is 9.39. The van der Waals surface area contributed by atoms with Gasteiger partial charge in [-0.25, -0.2) is 9.59 Å². The SMILES string of the molecule is COC(=O)c1ccc(C(=O)C(=O)NC(=O)O)cc1. The first-order chi connectivity index (χ1) is 8.45. The van der Waals surface area contributed by atoms with E-state index in [4.69, 9.17) is 5.11 Å². The molecule has 0 spiro atoms. The number of Topliss-reactive ketones (excluding diaryl/α,β-unsaturated/α-hetero) is 1. The van der Waals surface area contributed by atoms with Gasteiger partial charge in [0.1, 0.15) is 0 Å². The van der Waals surface area contributed by atoms with Crippen molar-refractivity contribution in [3.05, 3.63) is 35.4 Å². The molecule has 94 valence electrons. The van der Waals surface area contributed by atoms with Crippen LogP contribution >= 0.6 is 0 Å². The second-order valence-electron chi connectivity index (χ2n) is 3.16.